The van der Waals surface area contributed by atoms with Crippen LogP contribution in [0.1, 0.15) is 36.9 Å². The Hall–Kier alpha value is -7.46. The number of ether oxygens (including phenoxy) is 4. The molecule has 2 atom stereocenters. The Morgan fingerprint density at radius 3 is 1.21 bits per heavy atom. The third-order valence-corrected chi connectivity index (χ3v) is 14.5. The third-order valence-electron chi connectivity index (χ3n) is 10.4. The van der Waals surface area contributed by atoms with E-state index in [4.69, 9.17) is 27.8 Å². The zero-order chi connectivity index (χ0) is 46.8. The molecule has 8 rings (SSSR count). The minimum atomic E-state index is -3.63. The van der Waals surface area contributed by atoms with Gasteiger partial charge >= 0.3 is 0 Å². The molecule has 0 radical (unpaired) electrons. The van der Waals surface area contributed by atoms with Gasteiger partial charge in [-0.2, -0.15) is 0 Å². The van der Waals surface area contributed by atoms with Gasteiger partial charge in [0.05, 0.1) is 51.5 Å². The first kappa shape index (κ1) is 46.5. The van der Waals surface area contributed by atoms with E-state index in [1.165, 1.54) is 53.6 Å². The molecule has 0 saturated heterocycles. The number of sulfone groups is 2. The third kappa shape index (κ3) is 10.2. The number of rotatable bonds is 18. The molecule has 0 unspecified atom stereocenters. The molecule has 0 aliphatic rings. The number of methoxy groups -OCH3 is 4. The van der Waals surface area contributed by atoms with Crippen LogP contribution in [0.25, 0.3) is 34.5 Å². The molecule has 8 aromatic rings. The van der Waals surface area contributed by atoms with Crippen molar-refractivity contribution < 1.29 is 44.6 Å². The summed E-state index contributed by atoms with van der Waals surface area (Å²) in [5.74, 6) is 3.09. The predicted octanol–water partition coefficient (Wildman–Crippen LogP) is 5.76. The molecule has 0 N–H and O–H groups in total. The van der Waals surface area contributed by atoms with Crippen LogP contribution < -0.4 is 18.9 Å². The molecule has 6 heterocycles. The first-order valence-electron chi connectivity index (χ1n) is 20.2. The van der Waals surface area contributed by atoms with E-state index < -0.39 is 30.2 Å². The van der Waals surface area contributed by atoms with E-state index in [9.17, 15) is 16.8 Å². The fraction of sp³-hybridized carbons (Fsp3) is 0.273. The summed E-state index contributed by atoms with van der Waals surface area (Å²) in [4.78, 5) is 16.0. The smallest absolute Gasteiger partial charge is 0.204 e. The Balaban J connectivity index is 0.000000196. The van der Waals surface area contributed by atoms with Crippen LogP contribution in [-0.4, -0.2) is 105 Å². The van der Waals surface area contributed by atoms with Gasteiger partial charge in [0.1, 0.15) is 58.5 Å². The molecule has 0 bridgehead atoms. The number of nitrogens with zero attached hydrogens (tertiary/aromatic N) is 10. The standard InChI is InChI=1S/2C22H23N5O5S/c2*1-15(12-16-9-10-23-14-24-16)33(28,29)13-20-25-26-22(19-8-5-11-32-19)27(20)21-17(30-2)6-4-7-18(21)31-3/h2*4-11,14-15H,12-13H2,1-3H3/t2*15-/m10/s1. The van der Waals surface area contributed by atoms with E-state index in [1.54, 1.807) is 108 Å². The van der Waals surface area contributed by atoms with Crippen molar-refractivity contribution in [2.45, 2.75) is 48.7 Å². The van der Waals surface area contributed by atoms with Crippen LogP contribution in [0.15, 0.2) is 119 Å². The lowest BCUT2D eigenvalue weighted by Gasteiger charge is -2.18. The average Bonchev–Trinajstić information content (AvgIpc) is 4.18. The minimum absolute atomic E-state index is 0.207. The second-order valence-corrected chi connectivity index (χ2v) is 19.4. The number of hydrogen-bond acceptors (Lipinski definition) is 18. The Kier molecular flexibility index (Phi) is 14.5. The van der Waals surface area contributed by atoms with Crippen molar-refractivity contribution in [2.24, 2.45) is 0 Å². The molecule has 22 heteroatoms. The molecule has 0 spiro atoms. The van der Waals surface area contributed by atoms with Gasteiger partial charge in [-0.1, -0.05) is 12.1 Å². The molecule has 0 aliphatic heterocycles. The maximum atomic E-state index is 13.3. The average molecular weight is 939 g/mol. The maximum Gasteiger partial charge on any atom is 0.204 e. The van der Waals surface area contributed by atoms with E-state index in [0.29, 0.717) is 68.9 Å². The van der Waals surface area contributed by atoms with Crippen molar-refractivity contribution in [3.05, 3.63) is 133 Å². The number of aromatic nitrogens is 10. The van der Waals surface area contributed by atoms with Crippen molar-refractivity contribution in [1.29, 1.82) is 0 Å². The first-order valence-corrected chi connectivity index (χ1v) is 23.6. The zero-order valence-electron chi connectivity index (χ0n) is 36.7. The molecule has 2 aromatic carbocycles. The molecular formula is C44H46N10O10S2. The van der Waals surface area contributed by atoms with Crippen LogP contribution in [0.2, 0.25) is 0 Å². The Morgan fingerprint density at radius 1 is 0.530 bits per heavy atom. The number of para-hydroxylation sites is 2. The van der Waals surface area contributed by atoms with Gasteiger partial charge in [-0.15, -0.1) is 20.4 Å². The molecular weight excluding hydrogens is 893 g/mol. The number of benzene rings is 2. The van der Waals surface area contributed by atoms with Crippen molar-refractivity contribution in [3.63, 3.8) is 0 Å². The second kappa shape index (κ2) is 20.6. The normalized spacial score (nSPS) is 12.5. The molecule has 6 aromatic heterocycles. The molecule has 20 nitrogen and oxygen atoms in total. The van der Waals surface area contributed by atoms with E-state index in [2.05, 4.69) is 40.3 Å². The zero-order valence-corrected chi connectivity index (χ0v) is 38.4. The summed E-state index contributed by atoms with van der Waals surface area (Å²) in [6.07, 6.45) is 9.49. The van der Waals surface area contributed by atoms with Gasteiger partial charge in [-0.05, 0) is 74.5 Å². The van der Waals surface area contributed by atoms with Gasteiger partial charge in [-0.3, -0.25) is 9.13 Å². The van der Waals surface area contributed by atoms with E-state index in [-0.39, 0.29) is 36.0 Å². The molecule has 0 saturated carbocycles. The van der Waals surface area contributed by atoms with Gasteiger partial charge in [-0.25, -0.2) is 36.8 Å². The Labute approximate surface area is 380 Å². The Bertz CT molecular complexity index is 2800. The van der Waals surface area contributed by atoms with Gasteiger partial charge in [0.15, 0.2) is 42.8 Å². The van der Waals surface area contributed by atoms with Gasteiger partial charge in [0.2, 0.25) is 11.6 Å². The molecule has 0 fully saturated rings. The van der Waals surface area contributed by atoms with Crippen molar-refractivity contribution in [1.82, 2.24) is 49.5 Å². The van der Waals surface area contributed by atoms with Crippen molar-refractivity contribution in [2.75, 3.05) is 28.4 Å². The van der Waals surface area contributed by atoms with Gasteiger partial charge in [0, 0.05) is 36.6 Å². The predicted molar refractivity (Wildman–Crippen MR) is 240 cm³/mol. The van der Waals surface area contributed by atoms with Crippen molar-refractivity contribution >= 4 is 19.7 Å². The van der Waals surface area contributed by atoms with Crippen molar-refractivity contribution in [3.8, 4) is 57.5 Å². The molecule has 0 amide bonds. The fourth-order valence-electron chi connectivity index (χ4n) is 6.89. The molecule has 344 valence electrons. The summed E-state index contributed by atoms with van der Waals surface area (Å²) >= 11 is 0. The highest BCUT2D eigenvalue weighted by atomic mass is 32.2. The van der Waals surface area contributed by atoms with Crippen LogP contribution in [0.5, 0.6) is 23.0 Å². The van der Waals surface area contributed by atoms with Crippen LogP contribution in [0.3, 0.4) is 0 Å². The van der Waals surface area contributed by atoms with Gasteiger partial charge < -0.3 is 27.8 Å². The number of furan rings is 2. The highest BCUT2D eigenvalue weighted by Gasteiger charge is 2.31. The minimum Gasteiger partial charge on any atom is -0.494 e. The number of hydrogen-bond donors (Lipinski definition) is 0. The highest BCUT2D eigenvalue weighted by Crippen LogP contribution is 2.38. The lowest BCUT2D eigenvalue weighted by Crippen LogP contribution is -2.24. The lowest BCUT2D eigenvalue weighted by atomic mass is 10.2. The molecule has 0 aliphatic carbocycles. The lowest BCUT2D eigenvalue weighted by molar-refractivity contribution is 0.390. The van der Waals surface area contributed by atoms with Crippen LogP contribution in [-0.2, 0) is 44.0 Å². The monoisotopic (exact) mass is 938 g/mol. The highest BCUT2D eigenvalue weighted by molar-refractivity contribution is 7.91. The maximum absolute atomic E-state index is 13.3. The van der Waals surface area contributed by atoms with E-state index in [0.717, 1.165) is 0 Å². The SMILES string of the molecule is COc1cccc(OC)c1-n1c(CS(=O)(=O)[C@@H](C)Cc2ccncn2)nnc1-c1ccco1.COc1cccc(OC)c1-n1c(CS(=O)(=O)[C@H](C)Cc2ccncn2)nnc1-c1ccco1. The van der Waals surface area contributed by atoms with Crippen LogP contribution in [0, 0.1) is 0 Å². The summed E-state index contributed by atoms with van der Waals surface area (Å²) in [6, 6.07) is 20.8. The summed E-state index contributed by atoms with van der Waals surface area (Å²) < 4.78 is 89.6. The van der Waals surface area contributed by atoms with E-state index in [1.807, 2.05) is 0 Å². The Morgan fingerprint density at radius 2 is 0.909 bits per heavy atom. The topological polar surface area (TPSA) is 244 Å². The fourth-order valence-corrected chi connectivity index (χ4v) is 9.40. The summed E-state index contributed by atoms with van der Waals surface area (Å²) in [7, 11) is -1.17. The van der Waals surface area contributed by atoms with Crippen LogP contribution >= 0.6 is 0 Å². The summed E-state index contributed by atoms with van der Waals surface area (Å²) in [6.45, 7) is 3.30. The summed E-state index contributed by atoms with van der Waals surface area (Å²) in [5, 5.41) is 15.5. The largest absolute Gasteiger partial charge is 0.494 e. The quantitative estimate of drug-likeness (QED) is 0.0992. The van der Waals surface area contributed by atoms with Crippen LogP contribution in [0.4, 0.5) is 0 Å². The second-order valence-electron chi connectivity index (χ2n) is 14.6. The summed E-state index contributed by atoms with van der Waals surface area (Å²) in [5.41, 5.74) is 2.25. The van der Waals surface area contributed by atoms with E-state index >= 15 is 0 Å². The molecule has 66 heavy (non-hydrogen) atoms. The van der Waals surface area contributed by atoms with Gasteiger partial charge in [0.25, 0.3) is 0 Å². The first-order chi connectivity index (χ1) is 31.9.